The SMILES string of the molecule is CO[C@@H]1[C@H]2OC(C)(C)O[C@H]2O[C@@H]1[C@H](CC(=O)O)NC(=O)OC(C)(C)C. The van der Waals surface area contributed by atoms with Crippen molar-refractivity contribution in [2.24, 2.45) is 0 Å². The number of ether oxygens (including phenoxy) is 5. The third-order valence-corrected chi connectivity index (χ3v) is 3.79. The minimum absolute atomic E-state index is 0.355. The Hall–Kier alpha value is -1.42. The van der Waals surface area contributed by atoms with E-state index in [1.165, 1.54) is 7.11 Å². The zero-order valence-electron chi connectivity index (χ0n) is 15.4. The Bertz CT molecular complexity index is 515. The van der Waals surface area contributed by atoms with Gasteiger partial charge in [0.25, 0.3) is 0 Å². The van der Waals surface area contributed by atoms with E-state index < -0.39 is 54.1 Å². The van der Waals surface area contributed by atoms with Crippen molar-refractivity contribution in [3.63, 3.8) is 0 Å². The van der Waals surface area contributed by atoms with Crippen LogP contribution in [0, 0.1) is 0 Å². The van der Waals surface area contributed by atoms with Gasteiger partial charge in [-0.3, -0.25) is 4.79 Å². The summed E-state index contributed by atoms with van der Waals surface area (Å²) in [5.74, 6) is -1.91. The van der Waals surface area contributed by atoms with Crippen LogP contribution in [0.4, 0.5) is 4.79 Å². The molecule has 2 N–H and O–H groups in total. The largest absolute Gasteiger partial charge is 0.481 e. The Balaban J connectivity index is 2.12. The molecular weight excluding hydrogens is 334 g/mol. The highest BCUT2D eigenvalue weighted by atomic mass is 16.8. The average Bonchev–Trinajstić information content (AvgIpc) is 2.86. The lowest BCUT2D eigenvalue weighted by Gasteiger charge is -2.30. The van der Waals surface area contributed by atoms with Crippen molar-refractivity contribution in [2.45, 2.75) is 83.1 Å². The van der Waals surface area contributed by atoms with E-state index in [4.69, 9.17) is 23.7 Å². The van der Waals surface area contributed by atoms with Gasteiger partial charge in [0.15, 0.2) is 12.1 Å². The van der Waals surface area contributed by atoms with Gasteiger partial charge in [0.2, 0.25) is 0 Å². The lowest BCUT2D eigenvalue weighted by Crippen LogP contribution is -2.52. The molecule has 5 atom stereocenters. The van der Waals surface area contributed by atoms with Gasteiger partial charge in [-0.1, -0.05) is 0 Å². The first kappa shape index (κ1) is 19.9. The molecule has 25 heavy (non-hydrogen) atoms. The molecule has 0 aliphatic carbocycles. The lowest BCUT2D eigenvalue weighted by atomic mass is 10.0. The number of nitrogens with one attached hydrogen (secondary N) is 1. The summed E-state index contributed by atoms with van der Waals surface area (Å²) in [5, 5.41) is 11.7. The van der Waals surface area contributed by atoms with Crippen LogP contribution in [0.1, 0.15) is 41.0 Å². The monoisotopic (exact) mass is 361 g/mol. The standard InChI is InChI=1S/C16H27NO8/c1-15(2,3)25-14(20)17-8(7-9(18)19)10-11(21-6)12-13(22-10)24-16(4,5)23-12/h8,10-13H,7H2,1-6H3,(H,17,20)(H,18,19)/t8-,10+,11-,12+,13+/m0/s1. The number of hydrogen-bond acceptors (Lipinski definition) is 7. The van der Waals surface area contributed by atoms with Gasteiger partial charge in [0.05, 0.1) is 12.5 Å². The molecule has 0 aromatic carbocycles. The summed E-state index contributed by atoms with van der Waals surface area (Å²) in [6.45, 7) is 8.67. The molecule has 9 nitrogen and oxygen atoms in total. The Labute approximate surface area is 146 Å². The molecule has 2 fully saturated rings. The number of hydrogen-bond donors (Lipinski definition) is 2. The fraction of sp³-hybridized carbons (Fsp3) is 0.875. The summed E-state index contributed by atoms with van der Waals surface area (Å²) in [6, 6.07) is -0.863. The first-order valence-electron chi connectivity index (χ1n) is 8.17. The van der Waals surface area contributed by atoms with E-state index in [0.717, 1.165) is 0 Å². The lowest BCUT2D eigenvalue weighted by molar-refractivity contribution is -0.220. The number of carboxylic acid groups (broad SMARTS) is 1. The molecule has 0 unspecified atom stereocenters. The van der Waals surface area contributed by atoms with Gasteiger partial charge in [-0.05, 0) is 34.6 Å². The summed E-state index contributed by atoms with van der Waals surface area (Å²) in [5.41, 5.74) is -0.707. The third kappa shape index (κ3) is 5.04. The number of amides is 1. The molecule has 2 heterocycles. The van der Waals surface area contributed by atoms with Crippen LogP contribution < -0.4 is 5.32 Å². The average molecular weight is 361 g/mol. The van der Waals surface area contributed by atoms with E-state index in [9.17, 15) is 14.7 Å². The molecule has 0 spiro atoms. The van der Waals surface area contributed by atoms with Crippen molar-refractivity contribution < 1.29 is 38.4 Å². The summed E-state index contributed by atoms with van der Waals surface area (Å²) in [7, 11) is 1.48. The van der Waals surface area contributed by atoms with Crippen LogP contribution >= 0.6 is 0 Å². The van der Waals surface area contributed by atoms with E-state index >= 15 is 0 Å². The number of rotatable bonds is 5. The molecule has 144 valence electrons. The molecule has 2 aliphatic heterocycles. The zero-order chi connectivity index (χ0) is 19.0. The van der Waals surface area contributed by atoms with Crippen LogP contribution in [0.15, 0.2) is 0 Å². The minimum atomic E-state index is -1.08. The molecule has 2 aliphatic rings. The van der Waals surface area contributed by atoms with Crippen molar-refractivity contribution in [3.8, 4) is 0 Å². The predicted molar refractivity (Wildman–Crippen MR) is 84.9 cm³/mol. The number of carbonyl (C=O) groups is 2. The van der Waals surface area contributed by atoms with E-state index in [-0.39, 0.29) is 6.42 Å². The number of alkyl carbamates (subject to hydrolysis) is 1. The third-order valence-electron chi connectivity index (χ3n) is 3.79. The van der Waals surface area contributed by atoms with Gasteiger partial charge < -0.3 is 34.1 Å². The summed E-state index contributed by atoms with van der Waals surface area (Å²) in [4.78, 5) is 23.3. The Morgan fingerprint density at radius 1 is 1.28 bits per heavy atom. The Kier molecular flexibility index (Phi) is 5.62. The van der Waals surface area contributed by atoms with Gasteiger partial charge in [-0.15, -0.1) is 0 Å². The second kappa shape index (κ2) is 7.06. The minimum Gasteiger partial charge on any atom is -0.481 e. The quantitative estimate of drug-likeness (QED) is 0.752. The van der Waals surface area contributed by atoms with E-state index in [1.54, 1.807) is 34.6 Å². The first-order valence-corrected chi connectivity index (χ1v) is 8.17. The van der Waals surface area contributed by atoms with Gasteiger partial charge in [-0.2, -0.15) is 0 Å². The van der Waals surface area contributed by atoms with Crippen molar-refractivity contribution in [1.82, 2.24) is 5.32 Å². The van der Waals surface area contributed by atoms with E-state index in [2.05, 4.69) is 5.32 Å². The molecule has 9 heteroatoms. The fourth-order valence-corrected chi connectivity index (χ4v) is 2.99. The van der Waals surface area contributed by atoms with Crippen LogP contribution in [-0.2, 0) is 28.5 Å². The number of carbonyl (C=O) groups excluding carboxylic acids is 1. The Morgan fingerprint density at radius 3 is 2.44 bits per heavy atom. The maximum Gasteiger partial charge on any atom is 0.407 e. The van der Waals surface area contributed by atoms with Gasteiger partial charge in [0.1, 0.15) is 23.9 Å². The molecule has 2 rings (SSSR count). The number of aliphatic carboxylic acids is 1. The van der Waals surface area contributed by atoms with Crippen LogP contribution in [0.2, 0.25) is 0 Å². The number of methoxy groups -OCH3 is 1. The van der Waals surface area contributed by atoms with Gasteiger partial charge >= 0.3 is 12.1 Å². The summed E-state index contributed by atoms with van der Waals surface area (Å²) < 4.78 is 27.9. The van der Waals surface area contributed by atoms with Crippen molar-refractivity contribution in [2.75, 3.05) is 7.11 Å². The molecule has 0 aromatic heterocycles. The van der Waals surface area contributed by atoms with Crippen LogP contribution in [0.25, 0.3) is 0 Å². The Morgan fingerprint density at radius 2 is 1.92 bits per heavy atom. The second-order valence-electron chi connectivity index (χ2n) is 7.62. The highest BCUT2D eigenvalue weighted by Gasteiger charge is 2.57. The molecular formula is C16H27NO8. The molecule has 0 aromatic rings. The van der Waals surface area contributed by atoms with Crippen LogP contribution in [0.3, 0.4) is 0 Å². The summed E-state index contributed by atoms with van der Waals surface area (Å²) >= 11 is 0. The number of fused-ring (bicyclic) bond motifs is 1. The summed E-state index contributed by atoms with van der Waals surface area (Å²) in [6.07, 6.45) is -3.63. The maximum absolute atomic E-state index is 12.1. The highest BCUT2D eigenvalue weighted by molar-refractivity contribution is 5.71. The van der Waals surface area contributed by atoms with Gasteiger partial charge in [0, 0.05) is 7.11 Å². The van der Waals surface area contributed by atoms with Crippen LogP contribution in [0.5, 0.6) is 0 Å². The molecule has 1 amide bonds. The van der Waals surface area contributed by atoms with E-state index in [1.807, 2.05) is 0 Å². The number of carboxylic acids is 1. The van der Waals surface area contributed by atoms with Crippen LogP contribution in [-0.4, -0.2) is 66.3 Å². The van der Waals surface area contributed by atoms with Crippen molar-refractivity contribution in [3.05, 3.63) is 0 Å². The van der Waals surface area contributed by atoms with Crippen molar-refractivity contribution >= 4 is 12.1 Å². The van der Waals surface area contributed by atoms with E-state index in [0.29, 0.717) is 0 Å². The predicted octanol–water partition coefficient (Wildman–Crippen LogP) is 1.25. The molecule has 0 bridgehead atoms. The maximum atomic E-state index is 12.1. The first-order chi connectivity index (χ1) is 11.4. The normalized spacial score (nSPS) is 32.1. The molecule has 0 saturated carbocycles. The fourth-order valence-electron chi connectivity index (χ4n) is 2.99. The molecule has 0 radical (unpaired) electrons. The highest BCUT2D eigenvalue weighted by Crippen LogP contribution is 2.39. The topological polar surface area (TPSA) is 113 Å². The zero-order valence-corrected chi connectivity index (χ0v) is 15.4. The smallest absolute Gasteiger partial charge is 0.407 e. The second-order valence-corrected chi connectivity index (χ2v) is 7.62. The molecule has 2 saturated heterocycles. The van der Waals surface area contributed by atoms with Gasteiger partial charge in [-0.25, -0.2) is 4.79 Å². The van der Waals surface area contributed by atoms with Crippen molar-refractivity contribution in [1.29, 1.82) is 0 Å².